The number of amides is 2. The van der Waals surface area contributed by atoms with Crippen molar-refractivity contribution in [3.63, 3.8) is 0 Å². The average molecular weight is 528 g/mol. The van der Waals surface area contributed by atoms with Crippen LogP contribution in [0.4, 0.5) is 4.79 Å². The minimum Gasteiger partial charge on any atom is -0.449 e. The van der Waals surface area contributed by atoms with Crippen molar-refractivity contribution >= 4 is 27.9 Å². The van der Waals surface area contributed by atoms with Crippen molar-refractivity contribution in [2.75, 3.05) is 6.61 Å². The summed E-state index contributed by atoms with van der Waals surface area (Å²) in [5, 5.41) is 0. The first-order chi connectivity index (χ1) is 17.5. The van der Waals surface area contributed by atoms with E-state index in [9.17, 15) is 18.0 Å². The van der Waals surface area contributed by atoms with Gasteiger partial charge >= 0.3 is 6.09 Å². The van der Waals surface area contributed by atoms with Gasteiger partial charge in [0.1, 0.15) is 11.4 Å². The molecule has 0 atom stereocenters. The van der Waals surface area contributed by atoms with Crippen molar-refractivity contribution in [1.29, 1.82) is 0 Å². The maximum Gasteiger partial charge on any atom is 0.421 e. The SMILES string of the molecule is CCCCOC(=O)NS(=O)(=O)c1ccccc1-c1ccc(CN2C(CCCC)=NC(=O)C2(C)C)c(C)c1. The summed E-state index contributed by atoms with van der Waals surface area (Å²) in [6, 6.07) is 12.3. The summed E-state index contributed by atoms with van der Waals surface area (Å²) in [5.74, 6) is 0.682. The lowest BCUT2D eigenvalue weighted by Crippen LogP contribution is -2.46. The van der Waals surface area contributed by atoms with Gasteiger partial charge < -0.3 is 9.64 Å². The Hall–Kier alpha value is -3.20. The molecule has 0 fully saturated rings. The second-order valence-electron chi connectivity index (χ2n) is 9.81. The standard InChI is InChI=1S/C28H37N3O5S/c1-6-8-14-25-29-26(32)28(4,5)31(25)19-22-16-15-21(18-20(22)3)23-12-10-11-13-24(23)37(34,35)30-27(33)36-17-9-7-2/h10-13,15-16,18H,6-9,14,17,19H2,1-5H3,(H,30,33). The highest BCUT2D eigenvalue weighted by Gasteiger charge is 2.42. The van der Waals surface area contributed by atoms with E-state index in [0.717, 1.165) is 42.6 Å². The quantitative estimate of drug-likeness (QED) is 0.382. The minimum atomic E-state index is -4.14. The van der Waals surface area contributed by atoms with Gasteiger partial charge in [-0.15, -0.1) is 0 Å². The Morgan fingerprint density at radius 2 is 1.78 bits per heavy atom. The summed E-state index contributed by atoms with van der Waals surface area (Å²) in [7, 11) is -4.14. The molecule has 2 aromatic carbocycles. The minimum absolute atomic E-state index is 0.00477. The Kier molecular flexibility index (Phi) is 9.12. The number of rotatable bonds is 11. The molecule has 1 N–H and O–H groups in total. The molecular formula is C28H37N3O5S. The van der Waals surface area contributed by atoms with Gasteiger partial charge in [0, 0.05) is 18.5 Å². The van der Waals surface area contributed by atoms with E-state index in [2.05, 4.69) is 16.8 Å². The van der Waals surface area contributed by atoms with E-state index in [1.165, 1.54) is 6.07 Å². The number of sulfonamides is 1. The number of aliphatic imine (C=N–C) groups is 1. The topological polar surface area (TPSA) is 105 Å². The van der Waals surface area contributed by atoms with Crippen LogP contribution in [0.2, 0.25) is 0 Å². The second-order valence-corrected chi connectivity index (χ2v) is 11.5. The van der Waals surface area contributed by atoms with Crippen molar-refractivity contribution < 1.29 is 22.7 Å². The molecule has 37 heavy (non-hydrogen) atoms. The lowest BCUT2D eigenvalue weighted by molar-refractivity contribution is -0.124. The number of amidine groups is 1. The van der Waals surface area contributed by atoms with E-state index in [1.54, 1.807) is 18.2 Å². The third-order valence-corrected chi connectivity index (χ3v) is 7.97. The van der Waals surface area contributed by atoms with Crippen LogP contribution in [0.1, 0.15) is 70.9 Å². The van der Waals surface area contributed by atoms with Crippen LogP contribution >= 0.6 is 0 Å². The normalized spacial score (nSPS) is 15.0. The molecular weight excluding hydrogens is 490 g/mol. The number of hydrogen-bond acceptors (Lipinski definition) is 6. The summed E-state index contributed by atoms with van der Waals surface area (Å²) < 4.78 is 33.0. The second kappa shape index (κ2) is 11.9. The predicted molar refractivity (Wildman–Crippen MR) is 145 cm³/mol. The molecule has 2 amide bonds. The molecule has 0 unspecified atom stereocenters. The van der Waals surface area contributed by atoms with Gasteiger partial charge in [-0.3, -0.25) is 4.79 Å². The summed E-state index contributed by atoms with van der Waals surface area (Å²) in [6.45, 7) is 10.5. The molecule has 0 bridgehead atoms. The number of ether oxygens (including phenoxy) is 1. The van der Waals surface area contributed by atoms with Crippen LogP contribution in [-0.2, 0) is 26.1 Å². The molecule has 1 heterocycles. The molecule has 0 saturated carbocycles. The van der Waals surface area contributed by atoms with Crippen LogP contribution in [0.25, 0.3) is 11.1 Å². The molecule has 8 nitrogen and oxygen atoms in total. The molecule has 9 heteroatoms. The van der Waals surface area contributed by atoms with Gasteiger partial charge in [-0.1, -0.05) is 63.1 Å². The highest BCUT2D eigenvalue weighted by atomic mass is 32.2. The van der Waals surface area contributed by atoms with Crippen LogP contribution in [0.5, 0.6) is 0 Å². The first-order valence-electron chi connectivity index (χ1n) is 12.8. The van der Waals surface area contributed by atoms with E-state index < -0.39 is 21.7 Å². The third-order valence-electron chi connectivity index (χ3n) is 6.60. The Labute approximate surface area is 220 Å². The zero-order chi connectivity index (χ0) is 27.2. The average Bonchev–Trinajstić information content (AvgIpc) is 3.06. The number of unbranched alkanes of at least 4 members (excludes halogenated alkanes) is 2. The van der Waals surface area contributed by atoms with E-state index in [1.807, 2.05) is 50.6 Å². The Morgan fingerprint density at radius 3 is 2.46 bits per heavy atom. The van der Waals surface area contributed by atoms with Crippen LogP contribution in [0, 0.1) is 6.92 Å². The largest absolute Gasteiger partial charge is 0.449 e. The maximum atomic E-state index is 13.0. The maximum absolute atomic E-state index is 13.0. The fourth-order valence-corrected chi connectivity index (χ4v) is 5.34. The van der Waals surface area contributed by atoms with Crippen molar-refractivity contribution in [2.24, 2.45) is 4.99 Å². The first kappa shape index (κ1) is 28.4. The van der Waals surface area contributed by atoms with Gasteiger partial charge in [0.15, 0.2) is 0 Å². The van der Waals surface area contributed by atoms with Gasteiger partial charge in [0.25, 0.3) is 15.9 Å². The molecule has 0 spiro atoms. The summed E-state index contributed by atoms with van der Waals surface area (Å²) in [4.78, 5) is 31.0. The Balaban J connectivity index is 1.86. The molecule has 3 rings (SSSR count). The van der Waals surface area contributed by atoms with E-state index >= 15 is 0 Å². The molecule has 1 aliphatic heterocycles. The Bertz CT molecular complexity index is 1280. The zero-order valence-electron chi connectivity index (χ0n) is 22.3. The van der Waals surface area contributed by atoms with Crippen LogP contribution < -0.4 is 4.72 Å². The number of carbonyl (C=O) groups is 2. The monoisotopic (exact) mass is 527 g/mol. The molecule has 1 aliphatic rings. The number of nitrogens with zero attached hydrogens (tertiary/aromatic N) is 2. The lowest BCUT2D eigenvalue weighted by Gasteiger charge is -2.33. The smallest absolute Gasteiger partial charge is 0.421 e. The van der Waals surface area contributed by atoms with Gasteiger partial charge in [-0.2, -0.15) is 4.99 Å². The lowest BCUT2D eigenvalue weighted by atomic mass is 9.97. The van der Waals surface area contributed by atoms with Gasteiger partial charge in [0.2, 0.25) is 0 Å². The molecule has 2 aromatic rings. The van der Waals surface area contributed by atoms with Crippen molar-refractivity contribution in [3.8, 4) is 11.1 Å². The highest BCUT2D eigenvalue weighted by Crippen LogP contribution is 2.32. The van der Waals surface area contributed by atoms with E-state index in [4.69, 9.17) is 4.74 Å². The third kappa shape index (κ3) is 6.57. The molecule has 200 valence electrons. The Morgan fingerprint density at radius 1 is 1.08 bits per heavy atom. The van der Waals surface area contributed by atoms with Gasteiger partial charge in [-0.05, 0) is 56.4 Å². The number of benzene rings is 2. The first-order valence-corrected chi connectivity index (χ1v) is 14.3. The number of carbonyl (C=O) groups excluding carboxylic acids is 2. The summed E-state index contributed by atoms with van der Waals surface area (Å²) in [6.07, 6.45) is 3.23. The van der Waals surface area contributed by atoms with Crippen LogP contribution in [0.15, 0.2) is 52.4 Å². The predicted octanol–water partition coefficient (Wildman–Crippen LogP) is 5.59. The molecule has 0 aromatic heterocycles. The number of nitrogens with one attached hydrogen (secondary N) is 1. The van der Waals surface area contributed by atoms with Crippen LogP contribution in [-0.4, -0.2) is 43.3 Å². The zero-order valence-corrected chi connectivity index (χ0v) is 23.2. The van der Waals surface area contributed by atoms with Crippen molar-refractivity contribution in [2.45, 2.75) is 83.7 Å². The van der Waals surface area contributed by atoms with Crippen LogP contribution in [0.3, 0.4) is 0 Å². The van der Waals surface area contributed by atoms with E-state index in [0.29, 0.717) is 24.1 Å². The van der Waals surface area contributed by atoms with Gasteiger partial charge in [0.05, 0.1) is 11.5 Å². The molecule has 0 radical (unpaired) electrons. The molecule has 0 saturated heterocycles. The fraction of sp³-hybridized carbons (Fsp3) is 0.464. The van der Waals surface area contributed by atoms with Crippen molar-refractivity contribution in [3.05, 3.63) is 53.6 Å². The van der Waals surface area contributed by atoms with Crippen molar-refractivity contribution in [1.82, 2.24) is 9.62 Å². The summed E-state index contributed by atoms with van der Waals surface area (Å²) in [5.41, 5.74) is 2.45. The number of aryl methyl sites for hydroxylation is 1. The highest BCUT2D eigenvalue weighted by molar-refractivity contribution is 7.90. The number of hydrogen-bond donors (Lipinski definition) is 1. The summed E-state index contributed by atoms with van der Waals surface area (Å²) >= 11 is 0. The van der Waals surface area contributed by atoms with Gasteiger partial charge in [-0.25, -0.2) is 17.9 Å². The fourth-order valence-electron chi connectivity index (χ4n) is 4.22. The molecule has 0 aliphatic carbocycles. The van der Waals surface area contributed by atoms with E-state index in [-0.39, 0.29) is 17.4 Å².